The van der Waals surface area contributed by atoms with Crippen LogP contribution in [0.4, 0.5) is 4.79 Å². The largest absolute Gasteiger partial charge is 0.453 e. The van der Waals surface area contributed by atoms with Crippen LogP contribution < -0.4 is 5.32 Å². The predicted octanol–water partition coefficient (Wildman–Crippen LogP) is 9.27. The molecule has 4 atom stereocenters. The van der Waals surface area contributed by atoms with Gasteiger partial charge in [0.25, 0.3) is 0 Å². The number of likely N-dealkylation sites (tertiary alicyclic amines) is 1. The number of nitrogens with zero attached hydrogens (tertiary/aromatic N) is 4. The van der Waals surface area contributed by atoms with E-state index in [9.17, 15) is 14.4 Å². The van der Waals surface area contributed by atoms with Crippen molar-refractivity contribution < 1.29 is 23.9 Å². The minimum Gasteiger partial charge on any atom is -0.453 e. The van der Waals surface area contributed by atoms with Crippen molar-refractivity contribution in [2.45, 2.75) is 95.9 Å². The molecule has 3 fully saturated rings. The Morgan fingerprint density at radius 3 is 2.32 bits per heavy atom. The Labute approximate surface area is 363 Å². The number of hydrogen-bond donors (Lipinski definition) is 3. The highest BCUT2D eigenvalue weighted by Crippen LogP contribution is 2.59. The molecular weight excluding hydrogens is 779 g/mol. The number of imidazole rings is 2. The minimum absolute atomic E-state index is 0.101. The number of methoxy groups -OCH3 is 1. The van der Waals surface area contributed by atoms with Gasteiger partial charge in [-0.3, -0.25) is 9.59 Å². The number of hydrogen-bond acceptors (Lipinski definition) is 7. The fourth-order valence-corrected chi connectivity index (χ4v) is 9.60. The summed E-state index contributed by atoms with van der Waals surface area (Å²) < 4.78 is 11.0. The van der Waals surface area contributed by atoms with Gasteiger partial charge in [0.2, 0.25) is 11.8 Å². The number of benzene rings is 3. The first-order chi connectivity index (χ1) is 30.2. The second-order valence-corrected chi connectivity index (χ2v) is 17.9. The van der Waals surface area contributed by atoms with Gasteiger partial charge in [0.15, 0.2) is 0 Å². The smallest absolute Gasteiger partial charge is 0.407 e. The summed E-state index contributed by atoms with van der Waals surface area (Å²) in [4.78, 5) is 61.3. The van der Waals surface area contributed by atoms with Gasteiger partial charge in [-0.05, 0) is 85.0 Å². The Morgan fingerprint density at radius 1 is 0.887 bits per heavy atom. The fraction of sp³-hybridized carbons (Fsp3) is 0.420. The number of alkyl carbamates (subject to hydrolysis) is 1. The monoisotopic (exact) mass is 835 g/mol. The first kappa shape index (κ1) is 41.3. The van der Waals surface area contributed by atoms with Crippen LogP contribution in [0.3, 0.4) is 0 Å². The molecule has 5 aromatic rings. The topological polar surface area (TPSA) is 146 Å². The van der Waals surface area contributed by atoms with Gasteiger partial charge in [0.05, 0.1) is 55.0 Å². The zero-order chi connectivity index (χ0) is 42.8. The van der Waals surface area contributed by atoms with Crippen molar-refractivity contribution in [1.82, 2.24) is 35.1 Å². The van der Waals surface area contributed by atoms with Gasteiger partial charge in [-0.2, -0.15) is 0 Å². The zero-order valence-electron chi connectivity index (χ0n) is 35.9. The Morgan fingerprint density at radius 2 is 1.61 bits per heavy atom. The van der Waals surface area contributed by atoms with Crippen molar-refractivity contribution in [2.24, 2.45) is 11.3 Å². The van der Waals surface area contributed by atoms with Crippen LogP contribution in [-0.2, 0) is 25.7 Å². The summed E-state index contributed by atoms with van der Waals surface area (Å²) in [5.74, 6) is 1.29. The summed E-state index contributed by atoms with van der Waals surface area (Å²) in [7, 11) is 1.30. The molecule has 62 heavy (non-hydrogen) atoms. The summed E-state index contributed by atoms with van der Waals surface area (Å²) in [6, 6.07) is 26.1. The number of H-pyrrole nitrogens is 2. The molecule has 4 aliphatic rings. The number of fused-ring (bicyclic) bond motifs is 4. The molecule has 12 heteroatoms. The third-order valence-corrected chi connectivity index (χ3v) is 13.3. The van der Waals surface area contributed by atoms with E-state index in [0.29, 0.717) is 26.2 Å². The van der Waals surface area contributed by atoms with Gasteiger partial charge in [-0.25, -0.2) is 14.8 Å². The van der Waals surface area contributed by atoms with E-state index in [1.165, 1.54) is 7.11 Å². The summed E-state index contributed by atoms with van der Waals surface area (Å²) in [6.07, 6.45) is 12.9. The normalized spacial score (nSPS) is 22.2. The van der Waals surface area contributed by atoms with Gasteiger partial charge in [0.1, 0.15) is 17.7 Å². The fourth-order valence-electron chi connectivity index (χ4n) is 9.60. The number of ether oxygens (including phenoxy) is 2. The maximum atomic E-state index is 14.6. The summed E-state index contributed by atoms with van der Waals surface area (Å²) in [5, 5.41) is 2.71. The van der Waals surface area contributed by atoms with Crippen molar-refractivity contribution in [3.8, 4) is 33.6 Å². The Hall–Kier alpha value is -6.01. The van der Waals surface area contributed by atoms with E-state index in [0.717, 1.165) is 108 Å². The van der Waals surface area contributed by atoms with Crippen molar-refractivity contribution in [3.05, 3.63) is 120 Å². The maximum absolute atomic E-state index is 14.6. The van der Waals surface area contributed by atoms with E-state index in [1.54, 1.807) is 0 Å². The molecule has 0 unspecified atom stereocenters. The summed E-state index contributed by atoms with van der Waals surface area (Å²) >= 11 is 0. The highest BCUT2D eigenvalue weighted by molar-refractivity contribution is 5.87. The molecule has 3 N–H and O–H groups in total. The number of rotatable bonds is 8. The average molecular weight is 836 g/mol. The van der Waals surface area contributed by atoms with E-state index in [1.807, 2.05) is 43.1 Å². The lowest BCUT2D eigenvalue weighted by Crippen LogP contribution is -2.51. The number of aromatic nitrogens is 4. The van der Waals surface area contributed by atoms with Gasteiger partial charge in [0, 0.05) is 25.3 Å². The number of allylic oxidation sites excluding steroid dienone is 2. The van der Waals surface area contributed by atoms with Crippen molar-refractivity contribution in [3.63, 3.8) is 0 Å². The van der Waals surface area contributed by atoms with Crippen LogP contribution in [0.25, 0.3) is 33.6 Å². The molecule has 5 heterocycles. The molecule has 1 spiro atoms. The molecule has 2 bridgehead atoms. The third-order valence-electron chi connectivity index (χ3n) is 13.3. The van der Waals surface area contributed by atoms with Gasteiger partial charge in [-0.1, -0.05) is 105 Å². The maximum Gasteiger partial charge on any atom is 0.407 e. The second kappa shape index (κ2) is 17.8. The number of amides is 3. The van der Waals surface area contributed by atoms with Crippen LogP contribution in [0.5, 0.6) is 0 Å². The molecule has 9 rings (SSSR count). The van der Waals surface area contributed by atoms with Crippen molar-refractivity contribution in [1.29, 1.82) is 0 Å². The predicted molar refractivity (Wildman–Crippen MR) is 237 cm³/mol. The van der Waals surface area contributed by atoms with Crippen LogP contribution in [0.1, 0.15) is 106 Å². The number of carbonyl (C=O) groups excluding carboxylic acids is 3. The van der Waals surface area contributed by atoms with E-state index in [-0.39, 0.29) is 41.1 Å². The van der Waals surface area contributed by atoms with Crippen LogP contribution in [0.2, 0.25) is 0 Å². The lowest BCUT2D eigenvalue weighted by molar-refractivity contribution is -0.135. The molecule has 3 aliphatic heterocycles. The third kappa shape index (κ3) is 8.57. The first-order valence-corrected chi connectivity index (χ1v) is 22.3. The lowest BCUT2D eigenvalue weighted by Gasteiger charge is -2.30. The lowest BCUT2D eigenvalue weighted by atomic mass is 9.93. The van der Waals surface area contributed by atoms with E-state index >= 15 is 0 Å². The van der Waals surface area contributed by atoms with Crippen LogP contribution >= 0.6 is 0 Å². The van der Waals surface area contributed by atoms with Crippen molar-refractivity contribution >= 4 is 17.9 Å². The highest BCUT2D eigenvalue weighted by atomic mass is 16.5. The molecule has 1 aliphatic carbocycles. The molecule has 0 radical (unpaired) electrons. The molecule has 12 nitrogen and oxygen atoms in total. The molecule has 2 aromatic heterocycles. The van der Waals surface area contributed by atoms with E-state index < -0.39 is 12.1 Å². The Bertz CT molecular complexity index is 2400. The highest BCUT2D eigenvalue weighted by Gasteiger charge is 2.55. The number of carbonyl (C=O) groups is 3. The van der Waals surface area contributed by atoms with E-state index in [2.05, 4.69) is 93.0 Å². The first-order valence-electron chi connectivity index (χ1n) is 22.3. The molecule has 3 aromatic carbocycles. The minimum atomic E-state index is -0.684. The molecule has 2 saturated heterocycles. The second-order valence-electron chi connectivity index (χ2n) is 17.9. The summed E-state index contributed by atoms with van der Waals surface area (Å²) in [6.45, 7) is 6.26. The molecule has 1 saturated carbocycles. The quantitative estimate of drug-likeness (QED) is 0.132. The van der Waals surface area contributed by atoms with Crippen LogP contribution in [-0.4, -0.2) is 80.5 Å². The Kier molecular flexibility index (Phi) is 11.8. The number of nitrogens with one attached hydrogen (secondary N) is 3. The molecule has 322 valence electrons. The van der Waals surface area contributed by atoms with Crippen LogP contribution in [0.15, 0.2) is 97.2 Å². The SMILES string of the molecule is COC(=O)N[C@H](C(=O)N1CCC[C@@H]1c1ncc(-c2ccc(-c3ccc(-c4nc5[nH]c4COCCC/C=C/C[C@@H](c4ccccc4)C(=O)N4CC6(CC6)C[C@@H]54)cc3)cc2)[nH]1)C(C)C. The standard InChI is InChI=1S/C50H57N7O5/c1-32(2)43(55-49(60)61-3)48(59)56-26-11-15-41(56)45-51-29-39(52-45)36-20-16-33(17-21-36)34-18-22-37(23-19-34)44-40-30-62-27-10-5-4-9-14-38(35-12-7-6-8-13-35)47(58)57-31-50(24-25-50)28-42(57)46(53-40)54-44/h4,6-9,12-13,16-23,29,32,38,41-43H,5,10-11,14-15,24-28,30-31H2,1-3H3,(H,51,52)(H,53,54)(H,55,60)/b9-4+/t38-,41+,42-,43-/m0/s1. The molecule has 3 amide bonds. The van der Waals surface area contributed by atoms with E-state index in [4.69, 9.17) is 19.4 Å². The summed E-state index contributed by atoms with van der Waals surface area (Å²) in [5.41, 5.74) is 8.08. The average Bonchev–Trinajstić information content (AvgIpc) is 3.78. The van der Waals surface area contributed by atoms with Gasteiger partial charge < -0.3 is 34.6 Å². The van der Waals surface area contributed by atoms with Crippen LogP contribution in [0, 0.1) is 11.3 Å². The van der Waals surface area contributed by atoms with Crippen molar-refractivity contribution in [2.75, 3.05) is 26.8 Å². The number of aromatic amines is 2. The van der Waals surface area contributed by atoms with Gasteiger partial charge >= 0.3 is 6.09 Å². The zero-order valence-corrected chi connectivity index (χ0v) is 35.9. The molecular formula is C50H57N7O5. The Balaban J connectivity index is 0.928. The van der Waals surface area contributed by atoms with Gasteiger partial charge in [-0.15, -0.1) is 0 Å².